The van der Waals surface area contributed by atoms with Crippen LogP contribution in [0.25, 0.3) is 0 Å². The first-order valence-electron chi connectivity index (χ1n) is 6.03. The summed E-state index contributed by atoms with van der Waals surface area (Å²) < 4.78 is 5.47. The van der Waals surface area contributed by atoms with Gasteiger partial charge in [-0.1, -0.05) is 25.1 Å². The zero-order valence-electron chi connectivity index (χ0n) is 10.6. The van der Waals surface area contributed by atoms with Gasteiger partial charge in [0.15, 0.2) is 0 Å². The average Bonchev–Trinajstić information content (AvgIpc) is 2.24. The van der Waals surface area contributed by atoms with Crippen LogP contribution in [0.3, 0.4) is 0 Å². The van der Waals surface area contributed by atoms with E-state index in [4.69, 9.17) is 10.5 Å². The summed E-state index contributed by atoms with van der Waals surface area (Å²) in [7, 11) is 0. The third kappa shape index (κ3) is 3.95. The van der Waals surface area contributed by atoms with E-state index in [-0.39, 0.29) is 6.04 Å². The molecule has 0 aliphatic rings. The van der Waals surface area contributed by atoms with Crippen LogP contribution in [0.1, 0.15) is 30.0 Å². The molecule has 0 spiro atoms. The van der Waals surface area contributed by atoms with Crippen molar-refractivity contribution < 1.29 is 4.74 Å². The van der Waals surface area contributed by atoms with Gasteiger partial charge in [0.2, 0.25) is 0 Å². The molecule has 0 radical (unpaired) electrons. The highest BCUT2D eigenvalue weighted by Crippen LogP contribution is 2.14. The van der Waals surface area contributed by atoms with E-state index in [1.54, 1.807) is 0 Å². The van der Waals surface area contributed by atoms with Crippen LogP contribution in [0.4, 0.5) is 0 Å². The fourth-order valence-electron chi connectivity index (χ4n) is 1.87. The van der Waals surface area contributed by atoms with E-state index in [0.29, 0.717) is 6.61 Å². The molecule has 1 unspecified atom stereocenters. The van der Waals surface area contributed by atoms with Gasteiger partial charge in [-0.2, -0.15) is 0 Å². The fraction of sp³-hybridized carbons (Fsp3) is 0.571. The van der Waals surface area contributed by atoms with Crippen LogP contribution in [-0.4, -0.2) is 19.3 Å². The molecule has 2 N–H and O–H groups in total. The number of nitrogens with two attached hydrogens (primary N) is 1. The summed E-state index contributed by atoms with van der Waals surface area (Å²) in [6, 6.07) is 6.48. The van der Waals surface area contributed by atoms with Crippen LogP contribution in [0.5, 0.6) is 0 Å². The van der Waals surface area contributed by atoms with Crippen molar-refractivity contribution in [1.82, 2.24) is 0 Å². The molecule has 0 aromatic heterocycles. The first kappa shape index (κ1) is 13.2. The summed E-state index contributed by atoms with van der Waals surface area (Å²) in [6.45, 7) is 7.85. The van der Waals surface area contributed by atoms with Crippen molar-refractivity contribution in [2.45, 2.75) is 39.7 Å². The highest BCUT2D eigenvalue weighted by molar-refractivity contribution is 5.34. The second kappa shape index (κ2) is 6.66. The third-order valence-corrected chi connectivity index (χ3v) is 2.79. The molecule has 0 amide bonds. The van der Waals surface area contributed by atoms with E-state index >= 15 is 0 Å². The van der Waals surface area contributed by atoms with Crippen LogP contribution in [0, 0.1) is 13.8 Å². The molecule has 1 aromatic rings. The Hall–Kier alpha value is -0.860. The maximum absolute atomic E-state index is 6.06. The van der Waals surface area contributed by atoms with Gasteiger partial charge in [0, 0.05) is 12.6 Å². The number of aryl methyl sites for hydroxylation is 2. The fourth-order valence-corrected chi connectivity index (χ4v) is 1.87. The van der Waals surface area contributed by atoms with E-state index in [2.05, 4.69) is 39.0 Å². The van der Waals surface area contributed by atoms with Gasteiger partial charge in [-0.05, 0) is 43.4 Å². The van der Waals surface area contributed by atoms with Crippen molar-refractivity contribution in [3.8, 4) is 0 Å². The SMILES string of the molecule is CCCOCC(N)Cc1c(C)cccc1C. The topological polar surface area (TPSA) is 35.2 Å². The Morgan fingerprint density at radius 3 is 2.44 bits per heavy atom. The number of hydrogen-bond acceptors (Lipinski definition) is 2. The first-order chi connectivity index (χ1) is 7.65. The van der Waals surface area contributed by atoms with E-state index < -0.39 is 0 Å². The van der Waals surface area contributed by atoms with Crippen molar-refractivity contribution in [3.05, 3.63) is 34.9 Å². The molecule has 0 aliphatic carbocycles. The normalized spacial score (nSPS) is 12.8. The minimum atomic E-state index is 0.103. The van der Waals surface area contributed by atoms with Crippen LogP contribution >= 0.6 is 0 Å². The zero-order chi connectivity index (χ0) is 12.0. The summed E-state index contributed by atoms with van der Waals surface area (Å²) >= 11 is 0. The lowest BCUT2D eigenvalue weighted by Gasteiger charge is -2.15. The standard InChI is InChI=1S/C14H23NO/c1-4-8-16-10-13(15)9-14-11(2)6-5-7-12(14)3/h5-7,13H,4,8-10,15H2,1-3H3. The minimum Gasteiger partial charge on any atom is -0.380 e. The van der Waals surface area contributed by atoms with Crippen molar-refractivity contribution >= 4 is 0 Å². The Morgan fingerprint density at radius 2 is 1.88 bits per heavy atom. The third-order valence-electron chi connectivity index (χ3n) is 2.79. The van der Waals surface area contributed by atoms with Gasteiger partial charge in [0.05, 0.1) is 6.61 Å². The minimum absolute atomic E-state index is 0.103. The summed E-state index contributed by atoms with van der Waals surface area (Å²) in [5.74, 6) is 0. The van der Waals surface area contributed by atoms with E-state index in [1.165, 1.54) is 16.7 Å². The monoisotopic (exact) mass is 221 g/mol. The molecule has 1 atom stereocenters. The van der Waals surface area contributed by atoms with Crippen LogP contribution in [0.2, 0.25) is 0 Å². The highest BCUT2D eigenvalue weighted by atomic mass is 16.5. The quantitative estimate of drug-likeness (QED) is 0.749. The summed E-state index contributed by atoms with van der Waals surface area (Å²) in [5, 5.41) is 0. The first-order valence-corrected chi connectivity index (χ1v) is 6.03. The molecule has 0 aliphatic heterocycles. The molecule has 1 rings (SSSR count). The molecule has 0 heterocycles. The molecule has 1 aromatic carbocycles. The second-order valence-electron chi connectivity index (χ2n) is 4.41. The lowest BCUT2D eigenvalue weighted by Crippen LogP contribution is -2.29. The Bertz CT molecular complexity index is 302. The number of hydrogen-bond donors (Lipinski definition) is 1. The Balaban J connectivity index is 2.52. The largest absolute Gasteiger partial charge is 0.380 e. The number of benzene rings is 1. The second-order valence-corrected chi connectivity index (χ2v) is 4.41. The van der Waals surface area contributed by atoms with Crippen molar-refractivity contribution in [2.75, 3.05) is 13.2 Å². The van der Waals surface area contributed by atoms with Crippen LogP contribution < -0.4 is 5.73 Å². The van der Waals surface area contributed by atoms with Crippen molar-refractivity contribution in [2.24, 2.45) is 5.73 Å². The van der Waals surface area contributed by atoms with E-state index in [9.17, 15) is 0 Å². The van der Waals surface area contributed by atoms with Gasteiger partial charge in [0.1, 0.15) is 0 Å². The maximum atomic E-state index is 6.06. The van der Waals surface area contributed by atoms with Gasteiger partial charge < -0.3 is 10.5 Å². The predicted octanol–water partition coefficient (Wildman–Crippen LogP) is 2.60. The molecule has 16 heavy (non-hydrogen) atoms. The molecule has 0 saturated heterocycles. The van der Waals surface area contributed by atoms with Gasteiger partial charge in [-0.15, -0.1) is 0 Å². The maximum Gasteiger partial charge on any atom is 0.0620 e. The van der Waals surface area contributed by atoms with Gasteiger partial charge >= 0.3 is 0 Å². The van der Waals surface area contributed by atoms with Crippen LogP contribution in [0.15, 0.2) is 18.2 Å². The Kier molecular flexibility index (Phi) is 5.50. The van der Waals surface area contributed by atoms with E-state index in [1.807, 2.05) is 0 Å². The average molecular weight is 221 g/mol. The van der Waals surface area contributed by atoms with E-state index in [0.717, 1.165) is 19.4 Å². The van der Waals surface area contributed by atoms with Crippen LogP contribution in [-0.2, 0) is 11.2 Å². The zero-order valence-corrected chi connectivity index (χ0v) is 10.6. The van der Waals surface area contributed by atoms with Gasteiger partial charge in [0.25, 0.3) is 0 Å². The summed E-state index contributed by atoms with van der Waals surface area (Å²) in [4.78, 5) is 0. The molecule has 0 bridgehead atoms. The predicted molar refractivity (Wildman–Crippen MR) is 68.7 cm³/mol. The highest BCUT2D eigenvalue weighted by Gasteiger charge is 2.08. The molecule has 2 heteroatoms. The molecule has 0 fully saturated rings. The van der Waals surface area contributed by atoms with Gasteiger partial charge in [-0.25, -0.2) is 0 Å². The number of rotatable bonds is 6. The van der Waals surface area contributed by atoms with Crippen molar-refractivity contribution in [3.63, 3.8) is 0 Å². The van der Waals surface area contributed by atoms with Crippen molar-refractivity contribution in [1.29, 1.82) is 0 Å². The lowest BCUT2D eigenvalue weighted by molar-refractivity contribution is 0.121. The summed E-state index contributed by atoms with van der Waals surface area (Å²) in [6.07, 6.45) is 1.96. The molecule has 2 nitrogen and oxygen atoms in total. The summed E-state index contributed by atoms with van der Waals surface area (Å²) in [5.41, 5.74) is 10.1. The molecular weight excluding hydrogens is 198 g/mol. The molecule has 0 saturated carbocycles. The Labute approximate surface area is 98.8 Å². The lowest BCUT2D eigenvalue weighted by atomic mass is 9.97. The molecule has 90 valence electrons. The number of ether oxygens (including phenoxy) is 1. The smallest absolute Gasteiger partial charge is 0.0620 e. The molecular formula is C14H23NO. The Morgan fingerprint density at radius 1 is 1.25 bits per heavy atom. The van der Waals surface area contributed by atoms with Gasteiger partial charge in [-0.3, -0.25) is 0 Å².